The Morgan fingerprint density at radius 2 is 1.05 bits per heavy atom. The summed E-state index contributed by atoms with van der Waals surface area (Å²) in [4.78, 5) is 4.69. The summed E-state index contributed by atoms with van der Waals surface area (Å²) in [6.45, 7) is 7.26. The lowest BCUT2D eigenvalue weighted by molar-refractivity contribution is -0.606. The maximum absolute atomic E-state index is 4.69. The van der Waals surface area contributed by atoms with Gasteiger partial charge in [0.05, 0.1) is 11.7 Å². The lowest BCUT2D eigenvalue weighted by atomic mass is 9.66. The highest BCUT2D eigenvalue weighted by atomic mass is 14.9. The van der Waals surface area contributed by atoms with Crippen LogP contribution >= 0.6 is 0 Å². The second-order valence-corrected chi connectivity index (χ2v) is 23.9. The number of allylic oxidation sites excluding steroid dienone is 9. The van der Waals surface area contributed by atoms with Crippen molar-refractivity contribution in [2.24, 2.45) is 5.41 Å². The SMILES string of the molecule is CCC1(CC)C2=C(C=CC(C)(/C=C/c3ccc4c5ccc(C6=C7C=CC=CC7[NH2+]C=C6)c6cccc(c7cccc3c74)c65)C2)c2ccc(/C=C/c3ccc4c5ccc(-c6ccnc7ccccc67)c6cccc(c7cccc3c74)c65)cc21. The molecule has 1 aromatic heterocycles. The minimum absolute atomic E-state index is 0.0311. The van der Waals surface area contributed by atoms with Gasteiger partial charge in [0.1, 0.15) is 6.04 Å². The average molecular weight is 1050 g/mol. The fourth-order valence-electron chi connectivity index (χ4n) is 15.9. The van der Waals surface area contributed by atoms with Gasteiger partial charge in [-0.1, -0.05) is 239 Å². The first-order chi connectivity index (χ1) is 40.4. The van der Waals surface area contributed by atoms with Crippen molar-refractivity contribution in [2.75, 3.05) is 0 Å². The number of nitrogens with zero attached hydrogens (tertiary/aromatic N) is 1. The van der Waals surface area contributed by atoms with E-state index in [1.165, 1.54) is 153 Å². The second kappa shape index (κ2) is 17.8. The normalized spacial score (nSPS) is 18.5. The zero-order valence-electron chi connectivity index (χ0n) is 46.4. The summed E-state index contributed by atoms with van der Waals surface area (Å²) in [6, 6.07) is 64.8. The lowest BCUT2D eigenvalue weighted by Crippen LogP contribution is -2.85. The van der Waals surface area contributed by atoms with Crippen molar-refractivity contribution >= 4 is 126 Å². The first-order valence-corrected chi connectivity index (χ1v) is 29.5. The molecule has 17 rings (SSSR count). The molecule has 0 radical (unpaired) electrons. The standard InChI is InChI=1S/C80H58N2/c1-4-80(5-2)71-46-48(26-28-49-29-32-67-69-36-34-53(55-40-44-81-73-24-8-6-14-59(55)73)61-18-12-22-65(77(61)69)63-20-10-16-51(49)75(63)67)27-31-57(71)58-39-43-79(3,47-72(58)80)42-38-50-30-33-68-70-37-35-54(56-41-45-82-74-25-9-7-15-60(56)74)62-19-13-23-66(78(62)70)64-21-11-17-52(50)76(64)68/h6-46,74,82H,4-5,47H2,1-3H3/p+1/b28-26+,42-38+. The number of quaternary nitrogens is 1. The molecule has 0 spiro atoms. The molecule has 2 heterocycles. The minimum Gasteiger partial charge on any atom is -0.311 e. The molecule has 0 fully saturated rings. The van der Waals surface area contributed by atoms with Crippen molar-refractivity contribution in [2.45, 2.75) is 51.5 Å². The maximum atomic E-state index is 4.69. The second-order valence-electron chi connectivity index (χ2n) is 23.9. The van der Waals surface area contributed by atoms with Crippen molar-refractivity contribution < 1.29 is 5.32 Å². The Morgan fingerprint density at radius 1 is 0.488 bits per heavy atom. The number of hydrogen-bond donors (Lipinski definition) is 1. The van der Waals surface area contributed by atoms with Crippen LogP contribution in [0.1, 0.15) is 73.4 Å². The number of para-hydroxylation sites is 1. The number of pyridine rings is 1. The fraction of sp³-hybridized carbons (Fsp3) is 0.113. The Bertz CT molecular complexity index is 5150. The van der Waals surface area contributed by atoms with Crippen LogP contribution in [0.3, 0.4) is 0 Å². The van der Waals surface area contributed by atoms with E-state index in [-0.39, 0.29) is 10.8 Å². The number of nitrogens with two attached hydrogens (primary N) is 1. The van der Waals surface area contributed by atoms with Gasteiger partial charge in [0.25, 0.3) is 0 Å². The summed E-state index contributed by atoms with van der Waals surface area (Å²) in [7, 11) is 0. The van der Waals surface area contributed by atoms with Gasteiger partial charge in [0, 0.05) is 28.0 Å². The number of benzene rings is 12. The highest BCUT2D eigenvalue weighted by Gasteiger charge is 2.45. The summed E-state index contributed by atoms with van der Waals surface area (Å²) in [5.74, 6) is 0. The molecule has 2 nitrogen and oxygen atoms in total. The minimum atomic E-state index is -0.145. The third-order valence-electron chi connectivity index (χ3n) is 19.8. The average Bonchev–Trinajstić information content (AvgIpc) is 1.55. The van der Waals surface area contributed by atoms with E-state index in [1.807, 2.05) is 6.20 Å². The Labute approximate surface area is 477 Å². The summed E-state index contributed by atoms with van der Waals surface area (Å²) >= 11 is 0. The van der Waals surface area contributed by atoms with Gasteiger partial charge >= 0.3 is 0 Å². The molecular formula is C80H59N2+. The third kappa shape index (κ3) is 6.70. The molecule has 3 aliphatic carbocycles. The predicted octanol–water partition coefficient (Wildman–Crippen LogP) is 20.0. The summed E-state index contributed by atoms with van der Waals surface area (Å²) < 4.78 is 0. The van der Waals surface area contributed by atoms with Gasteiger partial charge in [-0.2, -0.15) is 0 Å². The van der Waals surface area contributed by atoms with E-state index in [2.05, 4.69) is 269 Å². The van der Waals surface area contributed by atoms with Gasteiger partial charge in [0.2, 0.25) is 0 Å². The molecule has 82 heavy (non-hydrogen) atoms. The molecule has 2 unspecified atom stereocenters. The van der Waals surface area contributed by atoms with Crippen LogP contribution in [0.2, 0.25) is 0 Å². The van der Waals surface area contributed by atoms with Crippen LogP contribution in [0.25, 0.3) is 138 Å². The molecular weight excluding hydrogens is 989 g/mol. The molecule has 4 aliphatic rings. The van der Waals surface area contributed by atoms with Crippen LogP contribution in [0, 0.1) is 5.41 Å². The van der Waals surface area contributed by atoms with Gasteiger partial charge in [0.15, 0.2) is 0 Å². The van der Waals surface area contributed by atoms with Crippen molar-refractivity contribution in [3.63, 3.8) is 0 Å². The van der Waals surface area contributed by atoms with Gasteiger partial charge in [-0.05, 0) is 185 Å². The van der Waals surface area contributed by atoms with E-state index in [4.69, 9.17) is 4.98 Å². The molecule has 2 heteroatoms. The number of rotatable bonds is 8. The van der Waals surface area contributed by atoms with E-state index in [1.54, 1.807) is 5.57 Å². The number of fused-ring (bicyclic) bond motifs is 8. The van der Waals surface area contributed by atoms with Gasteiger partial charge in [-0.15, -0.1) is 0 Å². The van der Waals surface area contributed by atoms with Crippen molar-refractivity contribution in [1.29, 1.82) is 0 Å². The lowest BCUT2D eigenvalue weighted by Gasteiger charge is -2.37. The molecule has 2 N–H and O–H groups in total. The molecule has 12 aromatic carbocycles. The van der Waals surface area contributed by atoms with Crippen LogP contribution in [0.5, 0.6) is 0 Å². The first kappa shape index (κ1) is 47.3. The van der Waals surface area contributed by atoms with Crippen LogP contribution in [0.15, 0.2) is 242 Å². The van der Waals surface area contributed by atoms with Crippen LogP contribution in [0.4, 0.5) is 0 Å². The van der Waals surface area contributed by atoms with Crippen molar-refractivity contribution in [3.05, 3.63) is 275 Å². The summed E-state index contributed by atoms with van der Waals surface area (Å²) in [5.41, 5.74) is 17.0. The fourth-order valence-corrected chi connectivity index (χ4v) is 15.9. The largest absolute Gasteiger partial charge is 0.311 e. The summed E-state index contributed by atoms with van der Waals surface area (Å²) in [6.07, 6.45) is 33.1. The zero-order valence-corrected chi connectivity index (χ0v) is 46.4. The van der Waals surface area contributed by atoms with E-state index in [0.29, 0.717) is 6.04 Å². The summed E-state index contributed by atoms with van der Waals surface area (Å²) in [5, 5.41) is 24.5. The van der Waals surface area contributed by atoms with Gasteiger partial charge < -0.3 is 5.32 Å². The van der Waals surface area contributed by atoms with E-state index < -0.39 is 0 Å². The molecule has 0 amide bonds. The van der Waals surface area contributed by atoms with Crippen molar-refractivity contribution in [3.8, 4) is 11.1 Å². The Kier molecular flexibility index (Phi) is 10.3. The van der Waals surface area contributed by atoms with Crippen LogP contribution in [-0.2, 0) is 5.41 Å². The van der Waals surface area contributed by atoms with Crippen LogP contribution in [-0.4, -0.2) is 11.0 Å². The van der Waals surface area contributed by atoms with Crippen LogP contribution < -0.4 is 5.32 Å². The highest BCUT2D eigenvalue weighted by molar-refractivity contribution is 6.36. The Morgan fingerprint density at radius 3 is 1.74 bits per heavy atom. The Hall–Kier alpha value is -9.47. The topological polar surface area (TPSA) is 29.5 Å². The molecule has 2 atom stereocenters. The Balaban J connectivity index is 0.689. The van der Waals surface area contributed by atoms with E-state index in [9.17, 15) is 0 Å². The van der Waals surface area contributed by atoms with E-state index in [0.717, 1.165) is 24.8 Å². The smallest absolute Gasteiger partial charge is 0.135 e. The highest BCUT2D eigenvalue weighted by Crippen LogP contribution is 2.57. The van der Waals surface area contributed by atoms with Gasteiger partial charge in [-0.3, -0.25) is 4.98 Å². The maximum Gasteiger partial charge on any atom is 0.135 e. The molecule has 1 aliphatic heterocycles. The quantitative estimate of drug-likeness (QED) is 0.0917. The van der Waals surface area contributed by atoms with Crippen molar-refractivity contribution in [1.82, 2.24) is 4.98 Å². The number of hydrogen-bond acceptors (Lipinski definition) is 1. The molecule has 0 saturated heterocycles. The third-order valence-corrected chi connectivity index (χ3v) is 19.8. The molecule has 0 bridgehead atoms. The molecule has 0 saturated carbocycles. The zero-order chi connectivity index (χ0) is 54.4. The van der Waals surface area contributed by atoms with E-state index >= 15 is 0 Å². The molecule has 13 aromatic rings. The number of aromatic nitrogens is 1. The first-order valence-electron chi connectivity index (χ1n) is 29.5. The van der Waals surface area contributed by atoms with Gasteiger partial charge in [-0.25, -0.2) is 0 Å². The predicted molar refractivity (Wildman–Crippen MR) is 352 cm³/mol. The monoisotopic (exact) mass is 1050 g/mol. The molecule has 388 valence electrons.